The van der Waals surface area contributed by atoms with Crippen LogP contribution in [0.25, 0.3) is 0 Å². The smallest absolute Gasteiger partial charge is 0.344 e. The highest BCUT2D eigenvalue weighted by molar-refractivity contribution is 6.31. The Bertz CT molecular complexity index is 774. The van der Waals surface area contributed by atoms with E-state index in [1.165, 1.54) is 14.0 Å². The molecule has 0 fully saturated rings. The van der Waals surface area contributed by atoms with Gasteiger partial charge in [-0.1, -0.05) is 23.7 Å². The van der Waals surface area contributed by atoms with Crippen LogP contribution >= 0.6 is 11.6 Å². The highest BCUT2D eigenvalue weighted by atomic mass is 35.5. The van der Waals surface area contributed by atoms with E-state index in [0.29, 0.717) is 27.8 Å². The summed E-state index contributed by atoms with van der Waals surface area (Å²) in [6.07, 6.45) is 0.579. The van der Waals surface area contributed by atoms with E-state index in [2.05, 4.69) is 4.99 Å². The summed E-state index contributed by atoms with van der Waals surface area (Å²) in [5, 5.41) is 9.68. The van der Waals surface area contributed by atoms with E-state index in [0.717, 1.165) is 5.56 Å². The zero-order valence-corrected chi connectivity index (χ0v) is 14.4. The summed E-state index contributed by atoms with van der Waals surface area (Å²) in [6.45, 7) is 3.37. The Morgan fingerprint density at radius 2 is 2.08 bits per heavy atom. The van der Waals surface area contributed by atoms with Gasteiger partial charge in [-0.2, -0.15) is 0 Å². The van der Waals surface area contributed by atoms with E-state index in [1.54, 1.807) is 30.5 Å². The zero-order chi connectivity index (χ0) is 17.7. The third-order valence-electron chi connectivity index (χ3n) is 3.38. The number of methoxy groups -OCH3 is 1. The van der Waals surface area contributed by atoms with Gasteiger partial charge in [0.15, 0.2) is 17.6 Å². The molecule has 6 heteroatoms. The Balaban J connectivity index is 2.36. The van der Waals surface area contributed by atoms with E-state index < -0.39 is 12.1 Å². The standard InChI is InChI=1S/C18H18ClNO4/c1-11-7-8-14(9-15(11)19)20-10-13-5-4-6-16(23-3)17(13)24-12(2)18(21)22/h4-10,12H,1-3H3,(H,21,22)/t12-/m0/s1. The first-order valence-corrected chi connectivity index (χ1v) is 7.67. The van der Waals surface area contributed by atoms with Gasteiger partial charge >= 0.3 is 5.97 Å². The molecule has 0 aliphatic carbocycles. The average molecular weight is 348 g/mol. The molecule has 0 aliphatic heterocycles. The average Bonchev–Trinajstić information content (AvgIpc) is 2.56. The first-order valence-electron chi connectivity index (χ1n) is 7.29. The molecule has 1 atom stereocenters. The van der Waals surface area contributed by atoms with Crippen molar-refractivity contribution in [1.82, 2.24) is 0 Å². The maximum atomic E-state index is 11.0. The number of hydrogen-bond acceptors (Lipinski definition) is 4. The maximum absolute atomic E-state index is 11.0. The molecule has 0 saturated heterocycles. The van der Waals surface area contributed by atoms with Crippen molar-refractivity contribution in [3.05, 3.63) is 52.5 Å². The van der Waals surface area contributed by atoms with Crippen LogP contribution in [0, 0.1) is 6.92 Å². The van der Waals surface area contributed by atoms with Crippen LogP contribution in [0.5, 0.6) is 11.5 Å². The maximum Gasteiger partial charge on any atom is 0.344 e. The molecule has 0 amide bonds. The van der Waals surface area contributed by atoms with Crippen LogP contribution in [-0.2, 0) is 4.79 Å². The third kappa shape index (κ3) is 4.26. The number of carboxylic acids is 1. The summed E-state index contributed by atoms with van der Waals surface area (Å²) in [6, 6.07) is 10.7. The molecule has 0 unspecified atom stereocenters. The van der Waals surface area contributed by atoms with Crippen LogP contribution in [0.3, 0.4) is 0 Å². The van der Waals surface area contributed by atoms with Crippen LogP contribution < -0.4 is 9.47 Å². The number of para-hydroxylation sites is 1. The fourth-order valence-electron chi connectivity index (χ4n) is 1.95. The lowest BCUT2D eigenvalue weighted by Crippen LogP contribution is -2.23. The van der Waals surface area contributed by atoms with Crippen molar-refractivity contribution in [3.8, 4) is 11.5 Å². The lowest BCUT2D eigenvalue weighted by atomic mass is 10.2. The number of halogens is 1. The summed E-state index contributed by atoms with van der Waals surface area (Å²) < 4.78 is 10.8. The number of benzene rings is 2. The van der Waals surface area contributed by atoms with Crippen molar-refractivity contribution in [1.29, 1.82) is 0 Å². The minimum atomic E-state index is -1.06. The number of aryl methyl sites for hydroxylation is 1. The Kier molecular flexibility index (Phi) is 5.82. The van der Waals surface area contributed by atoms with Crippen LogP contribution in [0.4, 0.5) is 5.69 Å². The molecule has 0 radical (unpaired) electrons. The monoisotopic (exact) mass is 347 g/mol. The van der Waals surface area contributed by atoms with E-state index in [1.807, 2.05) is 19.1 Å². The number of carbonyl (C=O) groups is 1. The molecule has 0 spiro atoms. The second-order valence-corrected chi connectivity index (χ2v) is 5.58. The molecule has 0 aromatic heterocycles. The molecule has 0 bridgehead atoms. The van der Waals surface area contributed by atoms with Gasteiger partial charge in [0.1, 0.15) is 0 Å². The van der Waals surface area contributed by atoms with E-state index in [9.17, 15) is 4.79 Å². The third-order valence-corrected chi connectivity index (χ3v) is 3.79. The summed E-state index contributed by atoms with van der Waals surface area (Å²) in [5.74, 6) is -0.292. The van der Waals surface area contributed by atoms with Crippen LogP contribution in [0.1, 0.15) is 18.1 Å². The second kappa shape index (κ2) is 7.84. The molecule has 1 N–H and O–H groups in total. The van der Waals surface area contributed by atoms with Gasteiger partial charge in [-0.15, -0.1) is 0 Å². The molecule has 2 rings (SSSR count). The molecule has 2 aromatic rings. The van der Waals surface area contributed by atoms with Crippen molar-refractivity contribution in [3.63, 3.8) is 0 Å². The summed E-state index contributed by atoms with van der Waals surface area (Å²) >= 11 is 6.09. The number of nitrogens with zero attached hydrogens (tertiary/aromatic N) is 1. The normalized spacial score (nSPS) is 12.2. The molecule has 126 valence electrons. The highest BCUT2D eigenvalue weighted by Gasteiger charge is 2.17. The molecule has 0 heterocycles. The lowest BCUT2D eigenvalue weighted by Gasteiger charge is -2.15. The van der Waals surface area contributed by atoms with Crippen molar-refractivity contribution in [2.45, 2.75) is 20.0 Å². The first-order chi connectivity index (χ1) is 11.4. The van der Waals surface area contributed by atoms with Gasteiger partial charge in [0.25, 0.3) is 0 Å². The van der Waals surface area contributed by atoms with Crippen molar-refractivity contribution >= 4 is 29.5 Å². The minimum absolute atomic E-state index is 0.330. The number of carboxylic acid groups (broad SMARTS) is 1. The lowest BCUT2D eigenvalue weighted by molar-refractivity contribution is -0.144. The highest BCUT2D eigenvalue weighted by Crippen LogP contribution is 2.31. The first kappa shape index (κ1) is 17.8. The number of ether oxygens (including phenoxy) is 2. The van der Waals surface area contributed by atoms with Crippen molar-refractivity contribution in [2.24, 2.45) is 4.99 Å². The SMILES string of the molecule is COc1cccc(C=Nc2ccc(C)c(Cl)c2)c1O[C@@H](C)C(=O)O. The van der Waals surface area contributed by atoms with Crippen LogP contribution in [-0.4, -0.2) is 30.5 Å². The van der Waals surface area contributed by atoms with E-state index >= 15 is 0 Å². The van der Waals surface area contributed by atoms with Gasteiger partial charge in [0.05, 0.1) is 12.8 Å². The largest absolute Gasteiger partial charge is 0.493 e. The Morgan fingerprint density at radius 3 is 2.71 bits per heavy atom. The summed E-state index contributed by atoms with van der Waals surface area (Å²) in [7, 11) is 1.49. The van der Waals surface area contributed by atoms with E-state index in [-0.39, 0.29) is 0 Å². The van der Waals surface area contributed by atoms with Gasteiger partial charge < -0.3 is 14.6 Å². The zero-order valence-electron chi connectivity index (χ0n) is 13.6. The predicted molar refractivity (Wildman–Crippen MR) is 94.2 cm³/mol. The Labute approximate surface area is 145 Å². The van der Waals surface area contributed by atoms with Gasteiger partial charge in [-0.3, -0.25) is 4.99 Å². The van der Waals surface area contributed by atoms with Crippen LogP contribution in [0.15, 0.2) is 41.4 Å². The quantitative estimate of drug-likeness (QED) is 0.793. The van der Waals surface area contributed by atoms with Gasteiger partial charge in [0.2, 0.25) is 0 Å². The van der Waals surface area contributed by atoms with Gasteiger partial charge in [-0.25, -0.2) is 4.79 Å². The van der Waals surface area contributed by atoms with Crippen LogP contribution in [0.2, 0.25) is 5.02 Å². The van der Waals surface area contributed by atoms with Crippen molar-refractivity contribution in [2.75, 3.05) is 7.11 Å². The molecular weight excluding hydrogens is 330 g/mol. The summed E-state index contributed by atoms with van der Waals surface area (Å²) in [4.78, 5) is 15.4. The topological polar surface area (TPSA) is 68.1 Å². The number of rotatable bonds is 6. The fourth-order valence-corrected chi connectivity index (χ4v) is 2.13. The number of aliphatic carboxylic acids is 1. The second-order valence-electron chi connectivity index (χ2n) is 5.17. The molecule has 0 saturated carbocycles. The molecule has 0 aliphatic rings. The molecular formula is C18H18ClNO4. The predicted octanol–water partition coefficient (Wildman–Crippen LogP) is 4.26. The summed E-state index contributed by atoms with van der Waals surface area (Å²) in [5.41, 5.74) is 2.26. The van der Waals surface area contributed by atoms with Gasteiger partial charge in [-0.05, 0) is 43.7 Å². The van der Waals surface area contributed by atoms with Crippen molar-refractivity contribution < 1.29 is 19.4 Å². The number of aliphatic imine (C=N–C) groups is 1. The fraction of sp³-hybridized carbons (Fsp3) is 0.222. The molecule has 24 heavy (non-hydrogen) atoms. The Hall–Kier alpha value is -2.53. The van der Waals surface area contributed by atoms with Gasteiger partial charge in [0, 0.05) is 16.8 Å². The minimum Gasteiger partial charge on any atom is -0.493 e. The Morgan fingerprint density at radius 1 is 1.33 bits per heavy atom. The molecule has 5 nitrogen and oxygen atoms in total. The van der Waals surface area contributed by atoms with E-state index in [4.69, 9.17) is 26.2 Å². The molecule has 2 aromatic carbocycles. The number of hydrogen-bond donors (Lipinski definition) is 1.